The lowest BCUT2D eigenvalue weighted by Gasteiger charge is -2.01. The number of carboxylic acids is 3. The average molecular weight is 235 g/mol. The van der Waals surface area contributed by atoms with Crippen LogP contribution in [0.1, 0.15) is 19.8 Å². The van der Waals surface area contributed by atoms with Crippen molar-refractivity contribution < 1.29 is 34.5 Å². The second-order valence-corrected chi connectivity index (χ2v) is 2.74. The first-order valence-electron chi connectivity index (χ1n) is 4.12. The standard InChI is InChI=1S/C5H9NO4.C3H4O3/c6-3(5(9)10)1-2-4(7)8;1-2(4)3(5)6/h3H,1-2,6H2,(H,7,8)(H,9,10);1H3,(H,5,6). The first-order valence-corrected chi connectivity index (χ1v) is 4.12. The number of hydrogen-bond acceptors (Lipinski definition) is 5. The van der Waals surface area contributed by atoms with Crippen LogP contribution in [0.2, 0.25) is 0 Å². The highest BCUT2D eigenvalue weighted by atomic mass is 16.4. The molecular formula is C8H13NO7. The molecule has 0 rings (SSSR count). The quantitative estimate of drug-likeness (QED) is 0.438. The summed E-state index contributed by atoms with van der Waals surface area (Å²) in [7, 11) is 0. The largest absolute Gasteiger partial charge is 0.481 e. The van der Waals surface area contributed by atoms with E-state index in [0.717, 1.165) is 6.92 Å². The zero-order valence-electron chi connectivity index (χ0n) is 8.54. The van der Waals surface area contributed by atoms with Crippen molar-refractivity contribution in [3.05, 3.63) is 0 Å². The number of carbonyl (C=O) groups is 4. The highest BCUT2D eigenvalue weighted by Crippen LogP contribution is 1.93. The average Bonchev–Trinajstić information content (AvgIpc) is 2.14. The Balaban J connectivity index is 0. The van der Waals surface area contributed by atoms with Crippen LogP contribution in [0, 0.1) is 0 Å². The first-order chi connectivity index (χ1) is 7.18. The molecule has 0 aliphatic carbocycles. The predicted molar refractivity (Wildman–Crippen MR) is 50.8 cm³/mol. The molecule has 1 unspecified atom stereocenters. The first kappa shape index (κ1) is 16.5. The van der Waals surface area contributed by atoms with Crippen LogP contribution in [0.15, 0.2) is 0 Å². The predicted octanol–water partition coefficient (Wildman–Crippen LogP) is -1.08. The minimum atomic E-state index is -1.38. The summed E-state index contributed by atoms with van der Waals surface area (Å²) >= 11 is 0. The minimum Gasteiger partial charge on any atom is -0.481 e. The van der Waals surface area contributed by atoms with Gasteiger partial charge in [-0.2, -0.15) is 0 Å². The van der Waals surface area contributed by atoms with Crippen LogP contribution >= 0.6 is 0 Å². The van der Waals surface area contributed by atoms with Crippen LogP contribution < -0.4 is 5.73 Å². The van der Waals surface area contributed by atoms with Gasteiger partial charge in [0, 0.05) is 13.3 Å². The second-order valence-electron chi connectivity index (χ2n) is 2.74. The number of nitrogens with two attached hydrogens (primary N) is 1. The van der Waals surface area contributed by atoms with Crippen molar-refractivity contribution in [1.29, 1.82) is 0 Å². The summed E-state index contributed by atoms with van der Waals surface area (Å²) in [5.41, 5.74) is 5.00. The van der Waals surface area contributed by atoms with Gasteiger partial charge in [-0.15, -0.1) is 0 Å². The van der Waals surface area contributed by atoms with Crippen molar-refractivity contribution in [1.82, 2.24) is 0 Å². The zero-order chi connectivity index (χ0) is 13.3. The number of aliphatic carboxylic acids is 3. The van der Waals surface area contributed by atoms with Gasteiger partial charge in [0.2, 0.25) is 5.78 Å². The van der Waals surface area contributed by atoms with E-state index in [1.807, 2.05) is 0 Å². The topological polar surface area (TPSA) is 155 Å². The van der Waals surface area contributed by atoms with Crippen LogP contribution in [-0.2, 0) is 19.2 Å². The molecule has 0 saturated heterocycles. The Morgan fingerprint density at radius 1 is 1.12 bits per heavy atom. The Morgan fingerprint density at radius 2 is 1.50 bits per heavy atom. The molecule has 92 valence electrons. The van der Waals surface area contributed by atoms with Gasteiger partial charge in [0.15, 0.2) is 0 Å². The van der Waals surface area contributed by atoms with Crippen molar-refractivity contribution in [2.75, 3.05) is 0 Å². The molecular weight excluding hydrogens is 222 g/mol. The molecule has 0 bridgehead atoms. The van der Waals surface area contributed by atoms with Gasteiger partial charge in [-0.05, 0) is 6.42 Å². The van der Waals surface area contributed by atoms with Crippen molar-refractivity contribution in [2.24, 2.45) is 5.73 Å². The molecule has 0 aliphatic heterocycles. The van der Waals surface area contributed by atoms with E-state index in [1.54, 1.807) is 0 Å². The lowest BCUT2D eigenvalue weighted by molar-refractivity contribution is -0.148. The maximum Gasteiger partial charge on any atom is 0.371 e. The Morgan fingerprint density at radius 3 is 1.69 bits per heavy atom. The van der Waals surface area contributed by atoms with E-state index >= 15 is 0 Å². The SMILES string of the molecule is CC(=O)C(=O)O.NC(CCC(=O)O)C(=O)O. The smallest absolute Gasteiger partial charge is 0.371 e. The summed E-state index contributed by atoms with van der Waals surface area (Å²) in [5, 5.41) is 23.9. The summed E-state index contributed by atoms with van der Waals surface area (Å²) in [4.78, 5) is 38.8. The molecule has 0 saturated carbocycles. The third kappa shape index (κ3) is 12.0. The van der Waals surface area contributed by atoms with Crippen LogP contribution in [0.4, 0.5) is 0 Å². The van der Waals surface area contributed by atoms with E-state index in [-0.39, 0.29) is 12.8 Å². The maximum atomic E-state index is 9.99. The van der Waals surface area contributed by atoms with Crippen LogP contribution in [-0.4, -0.2) is 45.1 Å². The summed E-state index contributed by atoms with van der Waals surface area (Å²) in [6.45, 7) is 1.00. The molecule has 16 heavy (non-hydrogen) atoms. The number of ketones is 1. The van der Waals surface area contributed by atoms with Crippen molar-refractivity contribution in [3.8, 4) is 0 Å². The minimum absolute atomic E-state index is 0.0231. The number of carboxylic acid groups (broad SMARTS) is 3. The van der Waals surface area contributed by atoms with Gasteiger partial charge in [0.05, 0.1) is 0 Å². The third-order valence-electron chi connectivity index (χ3n) is 1.29. The fourth-order valence-corrected chi connectivity index (χ4v) is 0.402. The van der Waals surface area contributed by atoms with E-state index in [1.165, 1.54) is 0 Å². The normalized spacial score (nSPS) is 10.6. The van der Waals surface area contributed by atoms with Crippen molar-refractivity contribution in [2.45, 2.75) is 25.8 Å². The van der Waals surface area contributed by atoms with Gasteiger partial charge in [-0.3, -0.25) is 14.4 Å². The fourth-order valence-electron chi connectivity index (χ4n) is 0.402. The van der Waals surface area contributed by atoms with E-state index in [9.17, 15) is 19.2 Å². The number of carbonyl (C=O) groups excluding carboxylic acids is 1. The summed E-state index contributed by atoms with van der Waals surface area (Å²) < 4.78 is 0. The number of rotatable bonds is 5. The van der Waals surface area contributed by atoms with E-state index in [0.29, 0.717) is 0 Å². The summed E-state index contributed by atoms with van der Waals surface area (Å²) in [6.07, 6.45) is -0.224. The van der Waals surface area contributed by atoms with E-state index < -0.39 is 29.7 Å². The van der Waals surface area contributed by atoms with Crippen molar-refractivity contribution >= 4 is 23.7 Å². The van der Waals surface area contributed by atoms with Crippen molar-refractivity contribution in [3.63, 3.8) is 0 Å². The second kappa shape index (κ2) is 8.36. The molecule has 0 aromatic rings. The van der Waals surface area contributed by atoms with E-state index in [2.05, 4.69) is 0 Å². The lowest BCUT2D eigenvalue weighted by atomic mass is 10.2. The van der Waals surface area contributed by atoms with Gasteiger partial charge >= 0.3 is 17.9 Å². The van der Waals surface area contributed by atoms with Gasteiger partial charge in [0.25, 0.3) is 0 Å². The molecule has 0 aromatic carbocycles. The molecule has 0 aromatic heterocycles. The molecule has 0 heterocycles. The molecule has 0 fully saturated rings. The van der Waals surface area contributed by atoms with Gasteiger partial charge in [0.1, 0.15) is 6.04 Å². The molecule has 0 spiro atoms. The van der Waals surface area contributed by atoms with Gasteiger partial charge in [-0.25, -0.2) is 4.79 Å². The molecule has 5 N–H and O–H groups in total. The molecule has 8 nitrogen and oxygen atoms in total. The highest BCUT2D eigenvalue weighted by molar-refractivity contribution is 6.31. The van der Waals surface area contributed by atoms with E-state index in [4.69, 9.17) is 21.1 Å². The summed E-state index contributed by atoms with van der Waals surface area (Å²) in [6, 6.07) is -1.06. The Labute approximate surface area is 90.7 Å². The summed E-state index contributed by atoms with van der Waals surface area (Å²) in [5.74, 6) is -4.40. The molecule has 0 radical (unpaired) electrons. The van der Waals surface area contributed by atoms with Gasteiger partial charge < -0.3 is 21.1 Å². The Bertz CT molecular complexity index is 274. The van der Waals surface area contributed by atoms with Crippen LogP contribution in [0.25, 0.3) is 0 Å². The Kier molecular flexibility index (Phi) is 8.60. The lowest BCUT2D eigenvalue weighted by Crippen LogP contribution is -2.30. The molecule has 0 amide bonds. The molecule has 0 aliphatic rings. The van der Waals surface area contributed by atoms with Crippen LogP contribution in [0.5, 0.6) is 0 Å². The van der Waals surface area contributed by atoms with Gasteiger partial charge in [-0.1, -0.05) is 0 Å². The highest BCUT2D eigenvalue weighted by Gasteiger charge is 2.12. The fraction of sp³-hybridized carbons (Fsp3) is 0.500. The van der Waals surface area contributed by atoms with Crippen LogP contribution in [0.3, 0.4) is 0 Å². The number of Topliss-reactive ketones (excluding diaryl/α,β-unsaturated/α-hetero) is 1. The monoisotopic (exact) mass is 235 g/mol. The molecule has 8 heteroatoms. The molecule has 1 atom stereocenters. The number of hydrogen-bond donors (Lipinski definition) is 4. The zero-order valence-corrected chi connectivity index (χ0v) is 8.54. The third-order valence-corrected chi connectivity index (χ3v) is 1.29. The Hall–Kier alpha value is -1.96. The maximum absolute atomic E-state index is 9.99.